The molecule has 2 aliphatic rings. The van der Waals surface area contributed by atoms with Crippen molar-refractivity contribution in [2.45, 2.75) is 71.4 Å². The lowest BCUT2D eigenvalue weighted by atomic mass is 9.77. The highest BCUT2D eigenvalue weighted by Gasteiger charge is 2.40. The number of alkyl halides is 3. The molecule has 0 radical (unpaired) electrons. The first-order valence-corrected chi connectivity index (χ1v) is 14.3. The largest absolute Gasteiger partial charge is 0.492 e. The van der Waals surface area contributed by atoms with Crippen LogP contribution in [0.1, 0.15) is 68.1 Å². The average molecular weight is 692 g/mol. The molecule has 0 spiro atoms. The lowest BCUT2D eigenvalue weighted by Gasteiger charge is -2.21. The first-order chi connectivity index (χ1) is 22.7. The Balaban J connectivity index is 0.000000289. The van der Waals surface area contributed by atoms with Gasteiger partial charge < -0.3 is 43.8 Å². The normalized spacial score (nSPS) is 16.0. The van der Waals surface area contributed by atoms with Crippen molar-refractivity contribution >= 4 is 43.1 Å². The summed E-state index contributed by atoms with van der Waals surface area (Å²) in [5.41, 5.74) is 3.59. The number of carboxylic acids is 2. The number of benzene rings is 2. The van der Waals surface area contributed by atoms with Crippen LogP contribution in [0, 0.1) is 27.0 Å². The topological polar surface area (TPSA) is 187 Å². The maximum Gasteiger partial charge on any atom is 0.492 e. The number of rotatable bonds is 8. The summed E-state index contributed by atoms with van der Waals surface area (Å²) in [6, 6.07) is 6.71. The number of aliphatic carboxylic acids is 2. The van der Waals surface area contributed by atoms with Gasteiger partial charge in [-0.3, -0.25) is 19.3 Å². The van der Waals surface area contributed by atoms with E-state index >= 15 is 0 Å². The van der Waals surface area contributed by atoms with Crippen LogP contribution in [0.5, 0.6) is 11.5 Å². The molecule has 0 bridgehead atoms. The van der Waals surface area contributed by atoms with E-state index in [0.29, 0.717) is 28.0 Å². The van der Waals surface area contributed by atoms with Gasteiger partial charge in [-0.15, -0.1) is 0 Å². The number of hydrogen-bond donors (Lipinski definition) is 4. The molecule has 0 aliphatic carbocycles. The molecule has 0 saturated heterocycles. The standard InChI is InChI=1S/C16H20BNO5.C12H12BNO5.C2HF3O2/c1-10-6-11(21-9-18-5)7-12-15(10)13(23-17(12)20)8-14(19)22-16(2,3)4;1-7-3-8(18-6-14-2)4-9-12(7)10(5-11(15)16)19-13(9)17;3-2(4,5)1(6)7/h6-7,13,20H,8-9H2,1-4H3;3-4,10,17H,5-6H2,1H3,(H,15,16);(H,6,7). The van der Waals surface area contributed by atoms with Crippen molar-refractivity contribution in [1.82, 2.24) is 0 Å². The van der Waals surface area contributed by atoms with Crippen LogP contribution < -0.4 is 20.4 Å². The average Bonchev–Trinajstić information content (AvgIpc) is 3.44. The summed E-state index contributed by atoms with van der Waals surface area (Å²) in [5.74, 6) is -3.16. The minimum Gasteiger partial charge on any atom is -0.481 e. The molecule has 4 rings (SSSR count). The van der Waals surface area contributed by atoms with Crippen molar-refractivity contribution in [2.24, 2.45) is 0 Å². The van der Waals surface area contributed by atoms with Gasteiger partial charge in [-0.1, -0.05) is 0 Å². The fourth-order valence-electron chi connectivity index (χ4n) is 4.84. The summed E-state index contributed by atoms with van der Waals surface area (Å²) in [7, 11) is -2.28. The van der Waals surface area contributed by atoms with E-state index in [4.69, 9.17) is 51.7 Å². The molecule has 2 atom stereocenters. The predicted octanol–water partition coefficient (Wildman–Crippen LogP) is 2.86. The minimum absolute atomic E-state index is 0.0322. The fourth-order valence-corrected chi connectivity index (χ4v) is 4.84. The Bertz CT molecular complexity index is 1620. The Hall–Kier alpha value is -4.81. The molecule has 2 aromatic carbocycles. The van der Waals surface area contributed by atoms with E-state index in [1.807, 2.05) is 6.92 Å². The van der Waals surface area contributed by atoms with Gasteiger partial charge in [0.05, 0.1) is 25.0 Å². The van der Waals surface area contributed by atoms with Gasteiger partial charge >= 0.3 is 51.8 Å². The van der Waals surface area contributed by atoms with E-state index in [-0.39, 0.29) is 32.3 Å². The van der Waals surface area contributed by atoms with Crippen molar-refractivity contribution in [2.75, 3.05) is 13.5 Å². The van der Waals surface area contributed by atoms with E-state index < -0.39 is 50.2 Å². The molecule has 19 heteroatoms. The van der Waals surface area contributed by atoms with Gasteiger partial charge in [0.2, 0.25) is 0 Å². The Kier molecular flexibility index (Phi) is 14.0. The number of carbonyl (C=O) groups is 3. The second kappa shape index (κ2) is 17.0. The van der Waals surface area contributed by atoms with E-state index in [0.717, 1.165) is 16.7 Å². The molecule has 0 aromatic heterocycles. The lowest BCUT2D eigenvalue weighted by Crippen LogP contribution is -2.28. The molecule has 0 fully saturated rings. The summed E-state index contributed by atoms with van der Waals surface area (Å²) in [4.78, 5) is 37.9. The second-order valence-corrected chi connectivity index (χ2v) is 11.5. The highest BCUT2D eigenvalue weighted by molar-refractivity contribution is 6.62. The number of ether oxygens (including phenoxy) is 3. The molecule has 2 aliphatic heterocycles. The van der Waals surface area contributed by atoms with Gasteiger partial charge in [-0.25, -0.2) is 17.9 Å². The zero-order valence-corrected chi connectivity index (χ0v) is 27.0. The smallest absolute Gasteiger partial charge is 0.481 e. The molecular formula is C30H33B2F3N2O12. The van der Waals surface area contributed by atoms with Crippen molar-refractivity contribution in [3.63, 3.8) is 0 Å². The van der Waals surface area contributed by atoms with Gasteiger partial charge in [0.25, 0.3) is 0 Å². The van der Waals surface area contributed by atoms with Gasteiger partial charge in [-0.05, 0) is 92.1 Å². The van der Waals surface area contributed by atoms with E-state index in [1.54, 1.807) is 52.0 Å². The number of aryl methyl sites for hydroxylation is 2. The van der Waals surface area contributed by atoms with Crippen LogP contribution in [0.4, 0.5) is 13.2 Å². The maximum atomic E-state index is 12.0. The number of nitrogens with zero attached hydrogens (tertiary/aromatic N) is 2. The quantitative estimate of drug-likeness (QED) is 0.180. The van der Waals surface area contributed by atoms with Gasteiger partial charge in [0.15, 0.2) is 0 Å². The van der Waals surface area contributed by atoms with Crippen molar-refractivity contribution in [1.29, 1.82) is 0 Å². The number of fused-ring (bicyclic) bond motifs is 2. The summed E-state index contributed by atoms with van der Waals surface area (Å²) in [5, 5.41) is 35.8. The lowest BCUT2D eigenvalue weighted by molar-refractivity contribution is -0.192. The Labute approximate surface area is 280 Å². The molecule has 4 N–H and O–H groups in total. The van der Waals surface area contributed by atoms with Crippen LogP contribution in [-0.2, 0) is 28.4 Å². The molecule has 0 amide bonds. The maximum absolute atomic E-state index is 12.0. The SMILES string of the molecule is O=C(O)C(F)(F)F.[C-]#[N+]COc1cc(C)c2c(c1)B(O)OC2CC(=O)O.[C-]#[N+]COc1cc(C)c2c(c1)B(O)OC2CC(=O)OC(C)(C)C. The van der Waals surface area contributed by atoms with Crippen molar-refractivity contribution < 1.29 is 71.3 Å². The summed E-state index contributed by atoms with van der Waals surface area (Å²) >= 11 is 0. The highest BCUT2D eigenvalue weighted by Crippen LogP contribution is 2.33. The van der Waals surface area contributed by atoms with Crippen LogP contribution in [-0.4, -0.2) is 77.6 Å². The zero-order valence-electron chi connectivity index (χ0n) is 27.0. The third-order valence-electron chi connectivity index (χ3n) is 6.51. The zero-order chi connectivity index (χ0) is 37.3. The van der Waals surface area contributed by atoms with Crippen LogP contribution in [0.3, 0.4) is 0 Å². The molecule has 2 aromatic rings. The van der Waals surface area contributed by atoms with Gasteiger partial charge in [-0.2, -0.15) is 13.2 Å². The predicted molar refractivity (Wildman–Crippen MR) is 166 cm³/mol. The number of esters is 1. The minimum atomic E-state index is -5.08. The van der Waals surface area contributed by atoms with Crippen LogP contribution in [0.2, 0.25) is 0 Å². The summed E-state index contributed by atoms with van der Waals surface area (Å²) in [6.45, 7) is 22.3. The molecule has 0 saturated carbocycles. The van der Waals surface area contributed by atoms with E-state index in [2.05, 4.69) is 9.69 Å². The van der Waals surface area contributed by atoms with Crippen molar-refractivity contribution in [3.8, 4) is 11.5 Å². The van der Waals surface area contributed by atoms with Crippen LogP contribution in [0.15, 0.2) is 24.3 Å². The molecule has 262 valence electrons. The Morgan fingerprint density at radius 2 is 1.20 bits per heavy atom. The van der Waals surface area contributed by atoms with Gasteiger partial charge in [0, 0.05) is 0 Å². The third-order valence-corrected chi connectivity index (χ3v) is 6.51. The van der Waals surface area contributed by atoms with E-state index in [9.17, 15) is 32.8 Å². The van der Waals surface area contributed by atoms with Crippen LogP contribution >= 0.6 is 0 Å². The molecular weight excluding hydrogens is 659 g/mol. The first kappa shape index (κ1) is 40.4. The highest BCUT2D eigenvalue weighted by atomic mass is 19.4. The monoisotopic (exact) mass is 692 g/mol. The Morgan fingerprint density at radius 1 is 0.816 bits per heavy atom. The molecule has 14 nitrogen and oxygen atoms in total. The first-order valence-electron chi connectivity index (χ1n) is 14.3. The summed E-state index contributed by atoms with van der Waals surface area (Å²) < 4.78 is 58.2. The van der Waals surface area contributed by atoms with Gasteiger partial charge in [0.1, 0.15) is 17.1 Å². The third kappa shape index (κ3) is 12.0. The summed E-state index contributed by atoms with van der Waals surface area (Å²) in [6.07, 6.45) is -6.46. The Morgan fingerprint density at radius 3 is 1.53 bits per heavy atom. The number of carboxylic acid groups (broad SMARTS) is 2. The second-order valence-electron chi connectivity index (χ2n) is 11.5. The molecule has 2 heterocycles. The van der Waals surface area contributed by atoms with Crippen molar-refractivity contribution in [3.05, 3.63) is 69.4 Å². The molecule has 49 heavy (non-hydrogen) atoms. The number of carbonyl (C=O) groups excluding carboxylic acids is 1. The molecule has 2 unspecified atom stereocenters. The fraction of sp³-hybridized carbons (Fsp3) is 0.433. The number of hydrogen-bond acceptors (Lipinski definition) is 10. The van der Waals surface area contributed by atoms with E-state index in [1.165, 1.54) is 0 Å². The number of halogens is 3. The van der Waals surface area contributed by atoms with Crippen LogP contribution in [0.25, 0.3) is 9.69 Å².